The van der Waals surface area contributed by atoms with E-state index in [1.165, 1.54) is 18.2 Å². The van der Waals surface area contributed by atoms with E-state index in [9.17, 15) is 9.50 Å². The van der Waals surface area contributed by atoms with Gasteiger partial charge in [-0.2, -0.15) is 0 Å². The molecule has 3 heteroatoms. The highest BCUT2D eigenvalue weighted by Gasteiger charge is 2.17. The Labute approximate surface area is 83.6 Å². The summed E-state index contributed by atoms with van der Waals surface area (Å²) in [6, 6.07) is 3.55. The molecule has 3 N–H and O–H groups in total. The van der Waals surface area contributed by atoms with Crippen LogP contribution in [0.15, 0.2) is 18.2 Å². The molecule has 1 unspecified atom stereocenters. The first-order chi connectivity index (χ1) is 6.56. The van der Waals surface area contributed by atoms with E-state index in [0.29, 0.717) is 5.56 Å². The quantitative estimate of drug-likeness (QED) is 0.782. The van der Waals surface area contributed by atoms with Crippen molar-refractivity contribution in [3.8, 4) is 5.75 Å². The Kier molecular flexibility index (Phi) is 3.47. The maximum Gasteiger partial charge on any atom is 0.123 e. The molecule has 2 atom stereocenters. The highest BCUT2D eigenvalue weighted by Crippen LogP contribution is 2.29. The molecule has 0 heterocycles. The van der Waals surface area contributed by atoms with Gasteiger partial charge in [0.2, 0.25) is 0 Å². The monoisotopic (exact) mass is 197 g/mol. The van der Waals surface area contributed by atoms with Gasteiger partial charge in [0.1, 0.15) is 11.6 Å². The second-order valence-corrected chi connectivity index (χ2v) is 3.61. The lowest BCUT2D eigenvalue weighted by Crippen LogP contribution is -2.18. The molecular weight excluding hydrogens is 181 g/mol. The van der Waals surface area contributed by atoms with Crippen LogP contribution in [-0.4, -0.2) is 5.11 Å². The Morgan fingerprint density at radius 3 is 2.71 bits per heavy atom. The fourth-order valence-corrected chi connectivity index (χ4v) is 1.35. The van der Waals surface area contributed by atoms with Crippen molar-refractivity contribution in [3.63, 3.8) is 0 Å². The van der Waals surface area contributed by atoms with E-state index < -0.39 is 0 Å². The molecule has 2 nitrogen and oxygen atoms in total. The van der Waals surface area contributed by atoms with Gasteiger partial charge in [0.05, 0.1) is 0 Å². The molecular formula is C11H16FNO. The number of phenols is 1. The van der Waals surface area contributed by atoms with E-state index in [2.05, 4.69) is 0 Å². The molecule has 78 valence electrons. The topological polar surface area (TPSA) is 46.2 Å². The van der Waals surface area contributed by atoms with Crippen LogP contribution < -0.4 is 5.73 Å². The summed E-state index contributed by atoms with van der Waals surface area (Å²) in [7, 11) is 0. The van der Waals surface area contributed by atoms with Crippen molar-refractivity contribution in [2.24, 2.45) is 11.7 Å². The van der Waals surface area contributed by atoms with Crippen LogP contribution in [0.2, 0.25) is 0 Å². The predicted octanol–water partition coefficient (Wildman–Crippen LogP) is 2.58. The standard InChI is InChI=1S/C11H16FNO/c1-3-7(2)11(13)9-6-8(12)4-5-10(9)14/h4-7,11,14H,3,13H2,1-2H3/t7?,11-/m0/s1. The fourth-order valence-electron chi connectivity index (χ4n) is 1.35. The summed E-state index contributed by atoms with van der Waals surface area (Å²) in [5, 5.41) is 9.50. The van der Waals surface area contributed by atoms with E-state index in [-0.39, 0.29) is 23.5 Å². The summed E-state index contributed by atoms with van der Waals surface area (Å²) in [5.74, 6) is -0.0709. The van der Waals surface area contributed by atoms with E-state index in [4.69, 9.17) is 5.73 Å². The Hall–Kier alpha value is -1.09. The van der Waals surface area contributed by atoms with Crippen molar-refractivity contribution in [2.45, 2.75) is 26.3 Å². The van der Waals surface area contributed by atoms with Crippen LogP contribution in [0.25, 0.3) is 0 Å². The van der Waals surface area contributed by atoms with Gasteiger partial charge >= 0.3 is 0 Å². The first kappa shape index (κ1) is 11.0. The molecule has 0 aromatic heterocycles. The lowest BCUT2D eigenvalue weighted by atomic mass is 9.93. The molecule has 0 saturated carbocycles. The van der Waals surface area contributed by atoms with Crippen molar-refractivity contribution < 1.29 is 9.50 Å². The van der Waals surface area contributed by atoms with Gasteiger partial charge < -0.3 is 10.8 Å². The van der Waals surface area contributed by atoms with Crippen molar-refractivity contribution in [1.82, 2.24) is 0 Å². The number of benzene rings is 1. The Bertz CT molecular complexity index is 314. The summed E-state index contributed by atoms with van der Waals surface area (Å²) < 4.78 is 12.9. The maximum atomic E-state index is 12.9. The normalized spacial score (nSPS) is 15.1. The van der Waals surface area contributed by atoms with Crippen molar-refractivity contribution in [1.29, 1.82) is 0 Å². The smallest absolute Gasteiger partial charge is 0.123 e. The van der Waals surface area contributed by atoms with Crippen LogP contribution in [0.3, 0.4) is 0 Å². The molecule has 1 aromatic rings. The minimum atomic E-state index is -0.364. The molecule has 0 aliphatic heterocycles. The average Bonchev–Trinajstić information content (AvgIpc) is 2.19. The van der Waals surface area contributed by atoms with Crippen LogP contribution in [0.5, 0.6) is 5.75 Å². The lowest BCUT2D eigenvalue weighted by Gasteiger charge is -2.19. The van der Waals surface area contributed by atoms with E-state index in [1.54, 1.807) is 0 Å². The molecule has 0 aliphatic rings. The summed E-state index contributed by atoms with van der Waals surface area (Å²) in [5.41, 5.74) is 6.38. The number of rotatable bonds is 3. The molecule has 0 amide bonds. The van der Waals surface area contributed by atoms with E-state index >= 15 is 0 Å². The lowest BCUT2D eigenvalue weighted by molar-refractivity contribution is 0.416. The van der Waals surface area contributed by atoms with Gasteiger partial charge in [0, 0.05) is 11.6 Å². The number of hydrogen-bond donors (Lipinski definition) is 2. The maximum absolute atomic E-state index is 12.9. The van der Waals surface area contributed by atoms with Gasteiger partial charge in [-0.25, -0.2) is 4.39 Å². The van der Waals surface area contributed by atoms with E-state index in [1.807, 2.05) is 13.8 Å². The zero-order valence-corrected chi connectivity index (χ0v) is 8.50. The fraction of sp³-hybridized carbons (Fsp3) is 0.455. The second kappa shape index (κ2) is 4.42. The Morgan fingerprint density at radius 1 is 1.50 bits per heavy atom. The predicted molar refractivity (Wildman–Crippen MR) is 54.4 cm³/mol. The van der Waals surface area contributed by atoms with Crippen LogP contribution in [-0.2, 0) is 0 Å². The van der Waals surface area contributed by atoms with Crippen LogP contribution >= 0.6 is 0 Å². The SMILES string of the molecule is CCC(C)[C@H](N)c1cc(F)ccc1O. The molecule has 14 heavy (non-hydrogen) atoms. The second-order valence-electron chi connectivity index (χ2n) is 3.61. The zero-order valence-electron chi connectivity index (χ0n) is 8.50. The largest absolute Gasteiger partial charge is 0.508 e. The molecule has 0 radical (unpaired) electrons. The number of halogens is 1. The molecule has 0 bridgehead atoms. The van der Waals surface area contributed by atoms with Crippen molar-refractivity contribution >= 4 is 0 Å². The van der Waals surface area contributed by atoms with Crippen molar-refractivity contribution in [2.75, 3.05) is 0 Å². The zero-order chi connectivity index (χ0) is 10.7. The van der Waals surface area contributed by atoms with Gasteiger partial charge in [-0.15, -0.1) is 0 Å². The molecule has 1 rings (SSSR count). The average molecular weight is 197 g/mol. The Morgan fingerprint density at radius 2 is 2.14 bits per heavy atom. The Balaban J connectivity index is 2.99. The molecule has 0 saturated heterocycles. The number of nitrogens with two attached hydrogens (primary N) is 1. The summed E-state index contributed by atoms with van der Waals surface area (Å²) >= 11 is 0. The first-order valence-corrected chi connectivity index (χ1v) is 4.80. The highest BCUT2D eigenvalue weighted by molar-refractivity contribution is 5.35. The summed E-state index contributed by atoms with van der Waals surface area (Å²) in [6.07, 6.45) is 0.900. The van der Waals surface area contributed by atoms with Gasteiger partial charge in [-0.1, -0.05) is 20.3 Å². The first-order valence-electron chi connectivity index (χ1n) is 4.80. The third kappa shape index (κ3) is 2.23. The van der Waals surface area contributed by atoms with Gasteiger partial charge in [0.15, 0.2) is 0 Å². The molecule has 0 spiro atoms. The van der Waals surface area contributed by atoms with Crippen LogP contribution in [0, 0.1) is 11.7 Å². The number of aromatic hydroxyl groups is 1. The molecule has 0 aliphatic carbocycles. The third-order valence-electron chi connectivity index (χ3n) is 2.61. The van der Waals surface area contributed by atoms with Gasteiger partial charge in [0.25, 0.3) is 0 Å². The number of phenolic OH excluding ortho intramolecular Hbond substituents is 1. The summed E-state index contributed by atoms with van der Waals surface area (Å²) in [6.45, 7) is 4.00. The van der Waals surface area contributed by atoms with Crippen LogP contribution in [0.1, 0.15) is 31.9 Å². The minimum absolute atomic E-state index is 0.0687. The minimum Gasteiger partial charge on any atom is -0.508 e. The molecule has 0 fully saturated rings. The summed E-state index contributed by atoms with van der Waals surface area (Å²) in [4.78, 5) is 0. The van der Waals surface area contributed by atoms with Gasteiger partial charge in [-0.3, -0.25) is 0 Å². The highest BCUT2D eigenvalue weighted by atomic mass is 19.1. The number of hydrogen-bond acceptors (Lipinski definition) is 2. The van der Waals surface area contributed by atoms with E-state index in [0.717, 1.165) is 6.42 Å². The van der Waals surface area contributed by atoms with Crippen molar-refractivity contribution in [3.05, 3.63) is 29.6 Å². The third-order valence-corrected chi connectivity index (χ3v) is 2.61. The van der Waals surface area contributed by atoms with Gasteiger partial charge in [-0.05, 0) is 24.1 Å². The van der Waals surface area contributed by atoms with Crippen LogP contribution in [0.4, 0.5) is 4.39 Å². The molecule has 1 aromatic carbocycles.